The van der Waals surface area contributed by atoms with E-state index in [2.05, 4.69) is 15.4 Å². The first-order valence-electron chi connectivity index (χ1n) is 10.1. The van der Waals surface area contributed by atoms with E-state index >= 15 is 0 Å². The third-order valence-electron chi connectivity index (χ3n) is 6.47. The van der Waals surface area contributed by atoms with Crippen LogP contribution in [-0.2, 0) is 17.3 Å². The van der Waals surface area contributed by atoms with E-state index in [1.165, 1.54) is 0 Å². The van der Waals surface area contributed by atoms with Gasteiger partial charge in [-0.15, -0.1) is 11.3 Å². The van der Waals surface area contributed by atoms with Crippen molar-refractivity contribution in [2.24, 2.45) is 7.05 Å². The van der Waals surface area contributed by atoms with Crippen LogP contribution >= 0.6 is 11.3 Å². The van der Waals surface area contributed by atoms with Crippen LogP contribution in [0.5, 0.6) is 0 Å². The van der Waals surface area contributed by atoms with Crippen molar-refractivity contribution in [3.8, 4) is 0 Å². The average Bonchev–Trinajstić information content (AvgIpc) is 3.54. The molecule has 1 N–H and O–H groups in total. The van der Waals surface area contributed by atoms with Crippen molar-refractivity contribution in [3.05, 3.63) is 77.1 Å². The van der Waals surface area contributed by atoms with Crippen LogP contribution < -0.4 is 5.32 Å². The Bertz CT molecular complexity index is 1360. The zero-order valence-corrected chi connectivity index (χ0v) is 17.6. The zero-order chi connectivity index (χ0) is 21.2. The summed E-state index contributed by atoms with van der Waals surface area (Å²) in [6, 6.07) is 12.9. The summed E-state index contributed by atoms with van der Waals surface area (Å²) < 4.78 is 2.76. The van der Waals surface area contributed by atoms with E-state index in [-0.39, 0.29) is 11.8 Å². The fourth-order valence-corrected chi connectivity index (χ4v) is 5.77. The molecule has 2 aromatic carbocycles. The summed E-state index contributed by atoms with van der Waals surface area (Å²) in [4.78, 5) is 33.3. The Balaban J connectivity index is 1.50. The van der Waals surface area contributed by atoms with Gasteiger partial charge in [-0.1, -0.05) is 18.2 Å². The number of hydrogen-bond acceptors (Lipinski definition) is 5. The van der Waals surface area contributed by atoms with Crippen LogP contribution in [0.4, 0.5) is 5.69 Å². The fraction of sp³-hybridized carbons (Fsp3) is 0.217. The lowest BCUT2D eigenvalue weighted by molar-refractivity contribution is -0.121. The SMILES string of the molecule is Cn1cc(C2N(C(=O)c3ccc4scnc4c3)CCC23C(=O)Nc2ccccc23)cn1. The number of anilines is 1. The molecule has 0 aliphatic carbocycles. The molecular formula is C23H19N5O2S. The normalized spacial score (nSPS) is 22.3. The van der Waals surface area contributed by atoms with Gasteiger partial charge in [0.15, 0.2) is 0 Å². The molecule has 7 nitrogen and oxygen atoms in total. The molecule has 1 spiro atoms. The van der Waals surface area contributed by atoms with Crippen molar-refractivity contribution in [2.75, 3.05) is 11.9 Å². The molecule has 2 amide bonds. The van der Waals surface area contributed by atoms with E-state index in [0.717, 1.165) is 27.0 Å². The van der Waals surface area contributed by atoms with Crippen molar-refractivity contribution < 1.29 is 9.59 Å². The quantitative estimate of drug-likeness (QED) is 0.529. The second-order valence-corrected chi connectivity index (χ2v) is 8.99. The van der Waals surface area contributed by atoms with Gasteiger partial charge in [0.25, 0.3) is 5.91 Å². The number of rotatable bonds is 2. The number of aromatic nitrogens is 3. The number of benzene rings is 2. The fourth-order valence-electron chi connectivity index (χ4n) is 5.11. The van der Waals surface area contributed by atoms with E-state index in [1.54, 1.807) is 27.7 Å². The Kier molecular flexibility index (Phi) is 3.82. The number of carbonyl (C=O) groups is 2. The number of likely N-dealkylation sites (tertiary alicyclic amines) is 1. The second-order valence-electron chi connectivity index (χ2n) is 8.10. The molecule has 2 unspecified atom stereocenters. The summed E-state index contributed by atoms with van der Waals surface area (Å²) in [5.41, 5.74) is 4.96. The molecule has 2 atom stereocenters. The second kappa shape index (κ2) is 6.49. The highest BCUT2D eigenvalue weighted by atomic mass is 32.1. The number of nitrogens with zero attached hydrogens (tertiary/aromatic N) is 4. The summed E-state index contributed by atoms with van der Waals surface area (Å²) in [5.74, 6) is -0.161. The first kappa shape index (κ1) is 18.3. The molecule has 2 aromatic heterocycles. The Hall–Kier alpha value is -3.52. The van der Waals surface area contributed by atoms with Gasteiger partial charge in [0, 0.05) is 36.6 Å². The summed E-state index contributed by atoms with van der Waals surface area (Å²) >= 11 is 1.55. The maximum atomic E-state index is 13.7. The number of thiazole rings is 1. The van der Waals surface area contributed by atoms with E-state index in [0.29, 0.717) is 18.5 Å². The first-order valence-corrected chi connectivity index (χ1v) is 11.0. The Morgan fingerprint density at radius 3 is 2.97 bits per heavy atom. The molecule has 6 rings (SSSR count). The monoisotopic (exact) mass is 429 g/mol. The summed E-state index contributed by atoms with van der Waals surface area (Å²) in [6.45, 7) is 0.481. The lowest BCUT2D eigenvalue weighted by Crippen LogP contribution is -2.42. The lowest BCUT2D eigenvalue weighted by atomic mass is 9.73. The van der Waals surface area contributed by atoms with Crippen LogP contribution in [-0.4, -0.2) is 38.0 Å². The predicted octanol–water partition coefficient (Wildman–Crippen LogP) is 3.51. The van der Waals surface area contributed by atoms with Crippen LogP contribution in [0.3, 0.4) is 0 Å². The highest BCUT2D eigenvalue weighted by Crippen LogP contribution is 2.54. The number of para-hydroxylation sites is 1. The average molecular weight is 430 g/mol. The lowest BCUT2D eigenvalue weighted by Gasteiger charge is -2.33. The minimum Gasteiger partial charge on any atom is -0.330 e. The molecule has 154 valence electrons. The van der Waals surface area contributed by atoms with Gasteiger partial charge in [0.05, 0.1) is 28.0 Å². The van der Waals surface area contributed by atoms with Gasteiger partial charge in [-0.2, -0.15) is 5.10 Å². The van der Waals surface area contributed by atoms with Crippen LogP contribution in [0.1, 0.15) is 33.9 Å². The first-order chi connectivity index (χ1) is 15.1. The zero-order valence-electron chi connectivity index (χ0n) is 16.8. The van der Waals surface area contributed by atoms with E-state index < -0.39 is 11.5 Å². The van der Waals surface area contributed by atoms with Crippen molar-refractivity contribution >= 4 is 39.1 Å². The topological polar surface area (TPSA) is 80.1 Å². The molecule has 2 aliphatic rings. The number of amides is 2. The number of fused-ring (bicyclic) bond motifs is 3. The highest BCUT2D eigenvalue weighted by molar-refractivity contribution is 7.16. The van der Waals surface area contributed by atoms with Gasteiger partial charge in [0.2, 0.25) is 5.91 Å². The van der Waals surface area contributed by atoms with Gasteiger partial charge in [0.1, 0.15) is 5.41 Å². The maximum absolute atomic E-state index is 13.7. The maximum Gasteiger partial charge on any atom is 0.254 e. The summed E-state index contributed by atoms with van der Waals surface area (Å²) in [5, 5.41) is 7.38. The molecule has 1 saturated heterocycles. The summed E-state index contributed by atoms with van der Waals surface area (Å²) in [6.07, 6.45) is 4.21. The number of aryl methyl sites for hydroxylation is 1. The van der Waals surface area contributed by atoms with Crippen LogP contribution in [0.2, 0.25) is 0 Å². The molecule has 0 bridgehead atoms. The van der Waals surface area contributed by atoms with Crippen molar-refractivity contribution in [2.45, 2.75) is 17.9 Å². The minimum atomic E-state index is -0.833. The summed E-state index contributed by atoms with van der Waals surface area (Å²) in [7, 11) is 1.84. The van der Waals surface area contributed by atoms with Gasteiger partial charge in [-0.3, -0.25) is 14.3 Å². The van der Waals surface area contributed by atoms with Crippen LogP contribution in [0.15, 0.2) is 60.4 Å². The number of carbonyl (C=O) groups excluding carboxylic acids is 2. The highest BCUT2D eigenvalue weighted by Gasteiger charge is 2.59. The van der Waals surface area contributed by atoms with Crippen LogP contribution in [0, 0.1) is 0 Å². The largest absolute Gasteiger partial charge is 0.330 e. The third kappa shape index (κ3) is 2.51. The van der Waals surface area contributed by atoms with Crippen LogP contribution in [0.25, 0.3) is 10.2 Å². The van der Waals surface area contributed by atoms with E-state index in [9.17, 15) is 9.59 Å². The van der Waals surface area contributed by atoms with Gasteiger partial charge in [-0.05, 0) is 36.2 Å². The number of nitrogens with one attached hydrogen (secondary N) is 1. The molecule has 8 heteroatoms. The Morgan fingerprint density at radius 2 is 2.13 bits per heavy atom. The molecule has 0 saturated carbocycles. The van der Waals surface area contributed by atoms with Crippen molar-refractivity contribution in [3.63, 3.8) is 0 Å². The standard InChI is InChI=1S/C23H19N5O2S/c1-27-12-15(11-25-27)20-23(16-4-2-3-5-17(16)26-22(23)30)8-9-28(20)21(29)14-6-7-19-18(10-14)24-13-31-19/h2-7,10-13,20H,8-9H2,1H3,(H,26,30). The number of hydrogen-bond donors (Lipinski definition) is 1. The molecule has 0 radical (unpaired) electrons. The van der Waals surface area contributed by atoms with E-state index in [4.69, 9.17) is 0 Å². The van der Waals surface area contributed by atoms with Crippen molar-refractivity contribution in [1.82, 2.24) is 19.7 Å². The molecule has 31 heavy (non-hydrogen) atoms. The molecule has 2 aliphatic heterocycles. The minimum absolute atomic E-state index is 0.0622. The van der Waals surface area contributed by atoms with Gasteiger partial charge < -0.3 is 10.2 Å². The third-order valence-corrected chi connectivity index (χ3v) is 7.28. The smallest absolute Gasteiger partial charge is 0.254 e. The Morgan fingerprint density at radius 1 is 1.26 bits per heavy atom. The predicted molar refractivity (Wildman–Crippen MR) is 118 cm³/mol. The van der Waals surface area contributed by atoms with E-state index in [1.807, 2.05) is 60.6 Å². The van der Waals surface area contributed by atoms with Crippen molar-refractivity contribution in [1.29, 1.82) is 0 Å². The molecule has 1 fully saturated rings. The van der Waals surface area contributed by atoms with Gasteiger partial charge in [-0.25, -0.2) is 4.98 Å². The molecule has 4 heterocycles. The Labute approximate surface area is 182 Å². The van der Waals surface area contributed by atoms with Gasteiger partial charge >= 0.3 is 0 Å². The molecular weight excluding hydrogens is 410 g/mol. The molecule has 4 aromatic rings.